The van der Waals surface area contributed by atoms with Crippen molar-refractivity contribution >= 4 is 35.3 Å². The van der Waals surface area contributed by atoms with E-state index in [9.17, 15) is 0 Å². The lowest BCUT2D eigenvalue weighted by Gasteiger charge is -2.35. The molecule has 2 aliphatic rings. The predicted molar refractivity (Wildman–Crippen MR) is 80.6 cm³/mol. The highest BCUT2D eigenvalue weighted by atomic mass is 32.2. The highest BCUT2D eigenvalue weighted by Gasteiger charge is 2.40. The Morgan fingerprint density at radius 1 is 1.06 bits per heavy atom. The minimum absolute atomic E-state index is 0.368. The molecule has 0 amide bonds. The molecule has 2 aliphatic heterocycles. The minimum Gasteiger partial charge on any atom is -0.302 e. The van der Waals surface area contributed by atoms with Crippen molar-refractivity contribution in [3.8, 4) is 0 Å². The average molecular weight is 278 g/mol. The van der Waals surface area contributed by atoms with E-state index in [4.69, 9.17) is 0 Å². The molecule has 0 saturated carbocycles. The first-order valence-electron chi connectivity index (χ1n) is 6.23. The predicted octanol–water partition coefficient (Wildman–Crippen LogP) is 3.65. The molecule has 0 spiro atoms. The second kappa shape index (κ2) is 5.33. The normalized spacial score (nSPS) is 33.8. The Hall–Kier alpha value is 1.01. The Morgan fingerprint density at radius 3 is 2.25 bits per heavy atom. The van der Waals surface area contributed by atoms with Gasteiger partial charge < -0.3 is 5.32 Å². The quantitative estimate of drug-likeness (QED) is 0.841. The van der Waals surface area contributed by atoms with Gasteiger partial charge in [0.2, 0.25) is 0 Å². The van der Waals surface area contributed by atoms with E-state index in [0.717, 1.165) is 5.92 Å². The fraction of sp³-hybridized carbons (Fsp3) is 1.00. The maximum Gasteiger partial charge on any atom is 0.0669 e. The molecular weight excluding hydrogens is 254 g/mol. The van der Waals surface area contributed by atoms with Gasteiger partial charge in [-0.25, -0.2) is 0 Å². The Kier molecular flexibility index (Phi) is 4.48. The number of hydrogen-bond donors (Lipinski definition) is 1. The van der Waals surface area contributed by atoms with Crippen molar-refractivity contribution in [1.82, 2.24) is 5.32 Å². The van der Waals surface area contributed by atoms with Gasteiger partial charge in [0.05, 0.1) is 8.95 Å². The SMILES string of the molecule is CC(C)C1(CCC2(C)SCCS2)NCCS1. The third-order valence-electron chi connectivity index (χ3n) is 3.67. The topological polar surface area (TPSA) is 12.0 Å². The first-order valence-corrected chi connectivity index (χ1v) is 9.19. The second-order valence-electron chi connectivity index (χ2n) is 5.15. The van der Waals surface area contributed by atoms with Crippen LogP contribution in [0, 0.1) is 5.92 Å². The smallest absolute Gasteiger partial charge is 0.0669 e. The third-order valence-corrected chi connectivity index (χ3v) is 8.82. The van der Waals surface area contributed by atoms with Crippen molar-refractivity contribution in [3.05, 3.63) is 0 Å². The highest BCUT2D eigenvalue weighted by Crippen LogP contribution is 2.49. The molecule has 4 heteroatoms. The lowest BCUT2D eigenvalue weighted by atomic mass is 9.97. The van der Waals surface area contributed by atoms with Crippen LogP contribution in [0.25, 0.3) is 0 Å². The summed E-state index contributed by atoms with van der Waals surface area (Å²) in [6, 6.07) is 0. The average Bonchev–Trinajstić information content (AvgIpc) is 2.85. The molecule has 0 aromatic heterocycles. The Labute approximate surface area is 113 Å². The van der Waals surface area contributed by atoms with E-state index in [2.05, 4.69) is 61.4 Å². The first-order chi connectivity index (χ1) is 7.56. The van der Waals surface area contributed by atoms with Crippen LogP contribution >= 0.6 is 35.3 Å². The van der Waals surface area contributed by atoms with Gasteiger partial charge in [-0.15, -0.1) is 35.3 Å². The van der Waals surface area contributed by atoms with Crippen LogP contribution in [0.3, 0.4) is 0 Å². The van der Waals surface area contributed by atoms with Crippen molar-refractivity contribution in [2.24, 2.45) is 5.92 Å². The van der Waals surface area contributed by atoms with E-state index >= 15 is 0 Å². The van der Waals surface area contributed by atoms with E-state index in [0.29, 0.717) is 8.95 Å². The molecule has 0 radical (unpaired) electrons. The summed E-state index contributed by atoms with van der Waals surface area (Å²) in [6.07, 6.45) is 2.67. The first kappa shape index (κ1) is 13.4. The van der Waals surface area contributed by atoms with Crippen molar-refractivity contribution in [2.45, 2.75) is 42.6 Å². The zero-order chi connectivity index (χ0) is 11.6. The van der Waals surface area contributed by atoms with Gasteiger partial charge in [-0.1, -0.05) is 13.8 Å². The van der Waals surface area contributed by atoms with Crippen LogP contribution in [-0.4, -0.2) is 32.8 Å². The van der Waals surface area contributed by atoms with Crippen molar-refractivity contribution in [2.75, 3.05) is 23.8 Å². The molecule has 1 nitrogen and oxygen atoms in total. The van der Waals surface area contributed by atoms with Crippen LogP contribution in [0.1, 0.15) is 33.6 Å². The van der Waals surface area contributed by atoms with Crippen molar-refractivity contribution in [1.29, 1.82) is 0 Å². The lowest BCUT2D eigenvalue weighted by Crippen LogP contribution is -2.43. The van der Waals surface area contributed by atoms with E-state index in [-0.39, 0.29) is 0 Å². The third kappa shape index (κ3) is 2.88. The number of rotatable bonds is 4. The van der Waals surface area contributed by atoms with Crippen LogP contribution in [0.5, 0.6) is 0 Å². The van der Waals surface area contributed by atoms with Gasteiger partial charge in [0.1, 0.15) is 0 Å². The molecule has 2 fully saturated rings. The summed E-state index contributed by atoms with van der Waals surface area (Å²) < 4.78 is 0.493. The van der Waals surface area contributed by atoms with Crippen LogP contribution in [0.4, 0.5) is 0 Å². The largest absolute Gasteiger partial charge is 0.302 e. The molecule has 0 bridgehead atoms. The monoisotopic (exact) mass is 277 g/mol. The molecule has 2 rings (SSSR count). The molecule has 0 aromatic rings. The van der Waals surface area contributed by atoms with Gasteiger partial charge in [-0.3, -0.25) is 0 Å². The van der Waals surface area contributed by atoms with Crippen LogP contribution in [0.15, 0.2) is 0 Å². The number of thioether (sulfide) groups is 3. The Morgan fingerprint density at radius 2 is 1.75 bits per heavy atom. The van der Waals surface area contributed by atoms with E-state index < -0.39 is 0 Å². The summed E-state index contributed by atoms with van der Waals surface area (Å²) >= 11 is 6.48. The van der Waals surface area contributed by atoms with Gasteiger partial charge in [-0.05, 0) is 25.7 Å². The van der Waals surface area contributed by atoms with Gasteiger partial charge >= 0.3 is 0 Å². The summed E-state index contributed by atoms with van der Waals surface area (Å²) in [4.78, 5) is 0.368. The molecule has 1 N–H and O–H groups in total. The molecule has 2 heterocycles. The molecule has 0 aromatic carbocycles. The van der Waals surface area contributed by atoms with Crippen LogP contribution < -0.4 is 5.32 Å². The zero-order valence-electron chi connectivity index (χ0n) is 10.5. The van der Waals surface area contributed by atoms with Crippen LogP contribution in [0.2, 0.25) is 0 Å². The fourth-order valence-corrected chi connectivity index (χ4v) is 6.69. The second-order valence-corrected chi connectivity index (χ2v) is 10.0. The molecule has 94 valence electrons. The van der Waals surface area contributed by atoms with Crippen molar-refractivity contribution < 1.29 is 0 Å². The summed E-state index contributed by atoms with van der Waals surface area (Å²) in [5.41, 5.74) is 0. The van der Waals surface area contributed by atoms with Crippen molar-refractivity contribution in [3.63, 3.8) is 0 Å². The Balaban J connectivity index is 1.91. The molecular formula is C12H23NS3. The standard InChI is InChI=1S/C12H23NS3/c1-10(2)12(13-6-7-16-12)5-4-11(3)14-8-9-15-11/h10,13H,4-9H2,1-3H3. The maximum absolute atomic E-state index is 3.76. The van der Waals surface area contributed by atoms with Gasteiger partial charge in [0.15, 0.2) is 0 Å². The summed E-state index contributed by atoms with van der Waals surface area (Å²) in [7, 11) is 0. The van der Waals surface area contributed by atoms with E-state index in [1.165, 1.54) is 36.6 Å². The number of hydrogen-bond acceptors (Lipinski definition) is 4. The maximum atomic E-state index is 3.76. The minimum atomic E-state index is 0.368. The van der Waals surface area contributed by atoms with E-state index in [1.807, 2.05) is 0 Å². The van der Waals surface area contributed by atoms with Gasteiger partial charge in [0, 0.05) is 23.8 Å². The highest BCUT2D eigenvalue weighted by molar-refractivity contribution is 8.21. The lowest BCUT2D eigenvalue weighted by molar-refractivity contribution is 0.347. The Bertz CT molecular complexity index is 230. The molecule has 0 aliphatic carbocycles. The van der Waals surface area contributed by atoms with E-state index in [1.54, 1.807) is 0 Å². The zero-order valence-corrected chi connectivity index (χ0v) is 13.0. The van der Waals surface area contributed by atoms with Gasteiger partial charge in [-0.2, -0.15) is 0 Å². The summed E-state index contributed by atoms with van der Waals surface area (Å²) in [5, 5.41) is 3.76. The molecule has 2 saturated heterocycles. The molecule has 1 unspecified atom stereocenters. The van der Waals surface area contributed by atoms with Crippen LogP contribution in [-0.2, 0) is 0 Å². The summed E-state index contributed by atoms with van der Waals surface area (Å²) in [5.74, 6) is 4.71. The molecule has 16 heavy (non-hydrogen) atoms. The van der Waals surface area contributed by atoms with Gasteiger partial charge in [0.25, 0.3) is 0 Å². The fourth-order valence-electron chi connectivity index (χ4n) is 2.48. The summed E-state index contributed by atoms with van der Waals surface area (Å²) in [6.45, 7) is 8.36. The molecule has 1 atom stereocenters. The number of nitrogens with one attached hydrogen (secondary N) is 1.